The largest absolute Gasteiger partial charge is 0.352 e. The minimum absolute atomic E-state index is 0.0392. The molecule has 3 aromatic carbocycles. The number of aryl methyl sites for hydroxylation is 1. The van der Waals surface area contributed by atoms with Gasteiger partial charge in [-0.15, -0.1) is 0 Å². The first-order chi connectivity index (χ1) is 20.5. The lowest BCUT2D eigenvalue weighted by Crippen LogP contribution is -2.55. The first-order valence-corrected chi connectivity index (χ1v) is 16.6. The number of nitrogens with zero attached hydrogens (tertiary/aromatic N) is 2. The van der Waals surface area contributed by atoms with Gasteiger partial charge in [-0.1, -0.05) is 91.6 Å². The monoisotopic (exact) mass is 603 g/mol. The average Bonchev–Trinajstić information content (AvgIpc) is 2.98. The van der Waals surface area contributed by atoms with Crippen LogP contribution in [-0.4, -0.2) is 55.8 Å². The second-order valence-electron chi connectivity index (χ2n) is 11.4. The summed E-state index contributed by atoms with van der Waals surface area (Å²) in [4.78, 5) is 41.9. The van der Waals surface area contributed by atoms with Gasteiger partial charge in [0.1, 0.15) is 12.6 Å². The molecule has 1 fully saturated rings. The Labute approximate surface area is 255 Å². The van der Waals surface area contributed by atoms with Gasteiger partial charge in [0.25, 0.3) is 0 Å². The van der Waals surface area contributed by atoms with Gasteiger partial charge in [0.05, 0.1) is 11.9 Å². The quantitative estimate of drug-likeness (QED) is 0.292. The van der Waals surface area contributed by atoms with Crippen LogP contribution in [0.1, 0.15) is 66.1 Å². The van der Waals surface area contributed by atoms with E-state index in [4.69, 9.17) is 0 Å². The van der Waals surface area contributed by atoms with Crippen LogP contribution in [0, 0.1) is 6.92 Å². The number of Topliss-reactive ketones (excluding diaryl/α,β-unsaturated/α-hetero) is 1. The van der Waals surface area contributed by atoms with Gasteiger partial charge in [-0.3, -0.25) is 18.7 Å². The van der Waals surface area contributed by atoms with E-state index in [1.165, 1.54) is 17.9 Å². The van der Waals surface area contributed by atoms with Crippen molar-refractivity contribution in [1.29, 1.82) is 0 Å². The van der Waals surface area contributed by atoms with E-state index >= 15 is 0 Å². The van der Waals surface area contributed by atoms with Crippen molar-refractivity contribution in [1.82, 2.24) is 10.2 Å². The summed E-state index contributed by atoms with van der Waals surface area (Å²) in [5.74, 6) is -0.980. The van der Waals surface area contributed by atoms with Crippen molar-refractivity contribution in [2.75, 3.05) is 17.1 Å². The molecule has 1 aliphatic rings. The van der Waals surface area contributed by atoms with Gasteiger partial charge in [-0.25, -0.2) is 8.42 Å². The standard InChI is InChI=1S/C34H41N3O5S/c1-25-12-10-15-28(20-25)23-36(33(39)24-37(43(3,41)42)31-19-11-16-29(22-31)26(2)38)32(21-27-13-6-4-7-14-27)34(40)35-30-17-8-5-9-18-30/h4,6-7,10-16,19-20,22,30,32H,5,8-9,17-18,21,23-24H2,1-3H3,(H,35,40)/t32-/m1/s1. The minimum atomic E-state index is -3.92. The summed E-state index contributed by atoms with van der Waals surface area (Å²) in [5, 5.41) is 3.20. The number of ketones is 1. The molecule has 3 aromatic rings. The Morgan fingerprint density at radius 2 is 1.56 bits per heavy atom. The van der Waals surface area contributed by atoms with Crippen LogP contribution in [-0.2, 0) is 32.6 Å². The van der Waals surface area contributed by atoms with Crippen molar-refractivity contribution in [2.24, 2.45) is 0 Å². The summed E-state index contributed by atoms with van der Waals surface area (Å²) < 4.78 is 27.0. The lowest BCUT2D eigenvalue weighted by molar-refractivity contribution is -0.140. The van der Waals surface area contributed by atoms with Gasteiger partial charge in [0, 0.05) is 24.6 Å². The number of sulfonamides is 1. The van der Waals surface area contributed by atoms with Crippen LogP contribution in [0.25, 0.3) is 0 Å². The third-order valence-corrected chi connectivity index (χ3v) is 9.02. The number of carbonyl (C=O) groups excluding carboxylic acids is 3. The number of rotatable bonds is 12. The molecule has 0 aromatic heterocycles. The van der Waals surface area contributed by atoms with Crippen LogP contribution in [0.5, 0.6) is 0 Å². The predicted molar refractivity (Wildman–Crippen MR) is 169 cm³/mol. The fraction of sp³-hybridized carbons (Fsp3) is 0.382. The van der Waals surface area contributed by atoms with Crippen LogP contribution in [0.4, 0.5) is 5.69 Å². The van der Waals surface area contributed by atoms with Crippen LogP contribution < -0.4 is 9.62 Å². The maximum atomic E-state index is 14.3. The summed E-state index contributed by atoms with van der Waals surface area (Å²) in [6.07, 6.45) is 6.32. The molecule has 0 unspecified atom stereocenters. The number of nitrogens with one attached hydrogen (secondary N) is 1. The van der Waals surface area contributed by atoms with E-state index in [-0.39, 0.29) is 36.4 Å². The first-order valence-electron chi connectivity index (χ1n) is 14.8. The number of benzene rings is 3. The Morgan fingerprint density at radius 3 is 2.21 bits per heavy atom. The number of hydrogen-bond acceptors (Lipinski definition) is 5. The molecule has 8 nitrogen and oxygen atoms in total. The van der Waals surface area contributed by atoms with E-state index in [1.54, 1.807) is 18.2 Å². The van der Waals surface area contributed by atoms with Gasteiger partial charge in [0.15, 0.2) is 5.78 Å². The molecule has 0 bridgehead atoms. The zero-order chi connectivity index (χ0) is 31.0. The summed E-state index contributed by atoms with van der Waals surface area (Å²) >= 11 is 0. The summed E-state index contributed by atoms with van der Waals surface area (Å²) in [7, 11) is -3.92. The van der Waals surface area contributed by atoms with Crippen LogP contribution in [0.15, 0.2) is 78.9 Å². The van der Waals surface area contributed by atoms with Crippen molar-refractivity contribution < 1.29 is 22.8 Å². The first kappa shape index (κ1) is 31.9. The third kappa shape index (κ3) is 9.00. The smallest absolute Gasteiger partial charge is 0.244 e. The molecule has 9 heteroatoms. The molecule has 0 aliphatic heterocycles. The highest BCUT2D eigenvalue weighted by Gasteiger charge is 2.34. The molecular formula is C34H41N3O5S. The third-order valence-electron chi connectivity index (χ3n) is 7.88. The Kier molecular flexibility index (Phi) is 10.7. The highest BCUT2D eigenvalue weighted by Crippen LogP contribution is 2.23. The van der Waals surface area contributed by atoms with E-state index in [2.05, 4.69) is 5.32 Å². The Hall–Kier alpha value is -3.98. The SMILES string of the molecule is CC(=O)c1cccc(N(CC(=O)N(Cc2cccc(C)c2)[C@H](Cc2ccccc2)C(=O)NC2CCCCC2)S(C)(=O)=O)c1. The number of carbonyl (C=O) groups is 3. The normalized spacial score (nSPS) is 14.5. The van der Waals surface area contributed by atoms with Crippen LogP contribution >= 0.6 is 0 Å². The molecule has 0 radical (unpaired) electrons. The van der Waals surface area contributed by atoms with E-state index in [0.29, 0.717) is 5.56 Å². The lowest BCUT2D eigenvalue weighted by Gasteiger charge is -2.35. The molecule has 2 amide bonds. The average molecular weight is 604 g/mol. The summed E-state index contributed by atoms with van der Waals surface area (Å²) in [6.45, 7) is 2.97. The van der Waals surface area contributed by atoms with Crippen molar-refractivity contribution in [3.05, 3.63) is 101 Å². The molecule has 0 saturated heterocycles. The van der Waals surface area contributed by atoms with Crippen molar-refractivity contribution in [3.63, 3.8) is 0 Å². The second kappa shape index (κ2) is 14.5. The molecule has 0 heterocycles. The van der Waals surface area contributed by atoms with Gasteiger partial charge in [-0.05, 0) is 49.9 Å². The Balaban J connectivity index is 1.73. The zero-order valence-corrected chi connectivity index (χ0v) is 26.0. The Morgan fingerprint density at radius 1 is 0.884 bits per heavy atom. The molecule has 1 aliphatic carbocycles. The van der Waals surface area contributed by atoms with E-state index in [0.717, 1.165) is 59.4 Å². The number of amides is 2. The van der Waals surface area contributed by atoms with Crippen molar-refractivity contribution in [3.8, 4) is 0 Å². The van der Waals surface area contributed by atoms with E-state index in [1.807, 2.05) is 61.5 Å². The van der Waals surface area contributed by atoms with Gasteiger partial charge >= 0.3 is 0 Å². The van der Waals surface area contributed by atoms with Crippen molar-refractivity contribution in [2.45, 2.75) is 71.0 Å². The Bertz CT molecular complexity index is 1530. The van der Waals surface area contributed by atoms with Gasteiger partial charge in [0.2, 0.25) is 21.8 Å². The fourth-order valence-corrected chi connectivity index (χ4v) is 6.44. The highest BCUT2D eigenvalue weighted by molar-refractivity contribution is 7.92. The van der Waals surface area contributed by atoms with Crippen LogP contribution in [0.2, 0.25) is 0 Å². The van der Waals surface area contributed by atoms with Gasteiger partial charge in [-0.2, -0.15) is 0 Å². The molecule has 4 rings (SSSR count). The molecule has 43 heavy (non-hydrogen) atoms. The lowest BCUT2D eigenvalue weighted by atomic mass is 9.94. The van der Waals surface area contributed by atoms with Crippen molar-refractivity contribution >= 4 is 33.3 Å². The predicted octanol–water partition coefficient (Wildman–Crippen LogP) is 5.05. The highest BCUT2D eigenvalue weighted by atomic mass is 32.2. The van der Waals surface area contributed by atoms with Gasteiger partial charge < -0.3 is 10.2 Å². The number of anilines is 1. The zero-order valence-electron chi connectivity index (χ0n) is 25.2. The topological polar surface area (TPSA) is 104 Å². The van der Waals surface area contributed by atoms with E-state index < -0.39 is 28.5 Å². The fourth-order valence-electron chi connectivity index (χ4n) is 5.60. The molecule has 228 valence electrons. The molecule has 1 saturated carbocycles. The molecule has 1 atom stereocenters. The summed E-state index contributed by atoms with van der Waals surface area (Å²) in [5.41, 5.74) is 3.29. The molecule has 0 spiro atoms. The number of hydrogen-bond donors (Lipinski definition) is 1. The molecule has 1 N–H and O–H groups in total. The minimum Gasteiger partial charge on any atom is -0.352 e. The van der Waals surface area contributed by atoms with E-state index in [9.17, 15) is 22.8 Å². The van der Waals surface area contributed by atoms with Crippen LogP contribution in [0.3, 0.4) is 0 Å². The second-order valence-corrected chi connectivity index (χ2v) is 13.3. The maximum Gasteiger partial charge on any atom is 0.244 e. The summed E-state index contributed by atoms with van der Waals surface area (Å²) in [6, 6.07) is 22.6. The molecular weight excluding hydrogens is 562 g/mol. The maximum absolute atomic E-state index is 14.3.